The molecule has 0 amide bonds. The number of hydrogen-bond acceptors (Lipinski definition) is 3. The summed E-state index contributed by atoms with van der Waals surface area (Å²) in [5.41, 5.74) is 2.50. The van der Waals surface area contributed by atoms with E-state index in [1.807, 2.05) is 6.07 Å². The third-order valence-corrected chi connectivity index (χ3v) is 4.08. The maximum atomic E-state index is 5.20. The van der Waals surface area contributed by atoms with E-state index < -0.39 is 0 Å². The molecule has 0 aromatic carbocycles. The third-order valence-electron chi connectivity index (χ3n) is 4.08. The zero-order valence-corrected chi connectivity index (χ0v) is 12.5. The molecule has 0 saturated carbocycles. The number of pyridine rings is 1. The van der Waals surface area contributed by atoms with Gasteiger partial charge in [0.05, 0.1) is 7.11 Å². The Hall–Kier alpha value is -1.09. The highest BCUT2D eigenvalue weighted by molar-refractivity contribution is 5.28. The Morgan fingerprint density at radius 2 is 2.21 bits per heavy atom. The summed E-state index contributed by atoms with van der Waals surface area (Å²) in [7, 11) is 1.68. The average molecular weight is 262 g/mol. The summed E-state index contributed by atoms with van der Waals surface area (Å²) in [6.45, 7) is 6.81. The van der Waals surface area contributed by atoms with E-state index in [1.54, 1.807) is 7.11 Å². The van der Waals surface area contributed by atoms with Crippen LogP contribution in [0.1, 0.15) is 56.3 Å². The lowest BCUT2D eigenvalue weighted by molar-refractivity contribution is 0.146. The van der Waals surface area contributed by atoms with E-state index in [9.17, 15) is 0 Å². The van der Waals surface area contributed by atoms with E-state index in [2.05, 4.69) is 29.8 Å². The largest absolute Gasteiger partial charge is 0.481 e. The van der Waals surface area contributed by atoms with E-state index in [4.69, 9.17) is 4.74 Å². The van der Waals surface area contributed by atoms with Crippen molar-refractivity contribution in [3.63, 3.8) is 0 Å². The Morgan fingerprint density at radius 1 is 1.37 bits per heavy atom. The molecule has 3 heteroatoms. The number of methoxy groups -OCH3 is 1. The van der Waals surface area contributed by atoms with E-state index >= 15 is 0 Å². The van der Waals surface area contributed by atoms with Crippen molar-refractivity contribution in [2.45, 2.75) is 52.0 Å². The molecular formula is C16H26N2O. The number of nitrogens with zero attached hydrogens (tertiary/aromatic N) is 2. The van der Waals surface area contributed by atoms with Crippen molar-refractivity contribution in [1.29, 1.82) is 0 Å². The lowest BCUT2D eigenvalue weighted by Crippen LogP contribution is -2.34. The number of hydrogen-bond donors (Lipinski definition) is 0. The second kappa shape index (κ2) is 6.90. The maximum Gasteiger partial charge on any atom is 0.213 e. The molecule has 2 heterocycles. The van der Waals surface area contributed by atoms with Crippen LogP contribution in [0.15, 0.2) is 12.1 Å². The fourth-order valence-electron chi connectivity index (χ4n) is 2.99. The monoisotopic (exact) mass is 262 g/mol. The fraction of sp³-hybridized carbons (Fsp3) is 0.688. The van der Waals surface area contributed by atoms with Crippen LogP contribution < -0.4 is 4.74 Å². The summed E-state index contributed by atoms with van der Waals surface area (Å²) >= 11 is 0. The van der Waals surface area contributed by atoms with Gasteiger partial charge in [-0.25, -0.2) is 4.98 Å². The number of unbranched alkanes of at least 4 members (excludes halogenated alkanes) is 1. The highest BCUT2D eigenvalue weighted by Crippen LogP contribution is 2.33. The van der Waals surface area contributed by atoms with Gasteiger partial charge in [-0.15, -0.1) is 0 Å². The van der Waals surface area contributed by atoms with Crippen LogP contribution in [0, 0.1) is 6.92 Å². The second-order valence-corrected chi connectivity index (χ2v) is 5.43. The second-order valence-electron chi connectivity index (χ2n) is 5.43. The van der Waals surface area contributed by atoms with Gasteiger partial charge < -0.3 is 4.74 Å². The van der Waals surface area contributed by atoms with Gasteiger partial charge in [0.2, 0.25) is 5.88 Å². The number of aryl methyl sites for hydroxylation is 1. The highest BCUT2D eigenvalue weighted by Gasteiger charge is 2.25. The molecule has 0 bridgehead atoms. The van der Waals surface area contributed by atoms with Crippen LogP contribution in [0.25, 0.3) is 0 Å². The minimum Gasteiger partial charge on any atom is -0.481 e. The molecule has 0 radical (unpaired) electrons. The summed E-state index contributed by atoms with van der Waals surface area (Å²) < 4.78 is 5.20. The fourth-order valence-corrected chi connectivity index (χ4v) is 2.99. The zero-order valence-electron chi connectivity index (χ0n) is 12.5. The minimum absolute atomic E-state index is 0.554. The Bertz CT molecular complexity index is 406. The first-order chi connectivity index (χ1) is 9.26. The molecule has 106 valence electrons. The Kier molecular flexibility index (Phi) is 5.20. The zero-order chi connectivity index (χ0) is 13.7. The summed E-state index contributed by atoms with van der Waals surface area (Å²) in [4.78, 5) is 7.18. The molecule has 2 rings (SSSR count). The van der Waals surface area contributed by atoms with E-state index in [0.29, 0.717) is 6.04 Å². The minimum atomic E-state index is 0.554. The number of aromatic nitrogens is 1. The van der Waals surface area contributed by atoms with E-state index in [-0.39, 0.29) is 0 Å². The molecule has 0 aliphatic carbocycles. The molecule has 3 nitrogen and oxygen atoms in total. The Morgan fingerprint density at radius 3 is 2.89 bits per heavy atom. The van der Waals surface area contributed by atoms with E-state index in [1.165, 1.54) is 50.8 Å². The van der Waals surface area contributed by atoms with Crippen LogP contribution in [0.3, 0.4) is 0 Å². The molecule has 1 saturated heterocycles. The molecule has 1 atom stereocenters. The van der Waals surface area contributed by atoms with E-state index in [0.717, 1.165) is 11.6 Å². The number of rotatable bonds is 5. The van der Waals surface area contributed by atoms with Crippen LogP contribution in [0.4, 0.5) is 0 Å². The normalized spacial score (nSPS) is 20.5. The summed E-state index contributed by atoms with van der Waals surface area (Å²) in [6.07, 6.45) is 6.49. The van der Waals surface area contributed by atoms with Crippen molar-refractivity contribution in [2.24, 2.45) is 0 Å². The first kappa shape index (κ1) is 14.3. The summed E-state index contributed by atoms with van der Waals surface area (Å²) in [5.74, 6) is 0.720. The van der Waals surface area contributed by atoms with Crippen LogP contribution in [0.5, 0.6) is 5.88 Å². The molecule has 1 aromatic rings. The highest BCUT2D eigenvalue weighted by atomic mass is 16.5. The van der Waals surface area contributed by atoms with Gasteiger partial charge in [-0.2, -0.15) is 0 Å². The Labute approximate surface area is 117 Å². The lowest BCUT2D eigenvalue weighted by Gasteiger charge is -2.36. The summed E-state index contributed by atoms with van der Waals surface area (Å²) in [6, 6.07) is 4.75. The van der Waals surface area contributed by atoms with Gasteiger partial charge in [-0.3, -0.25) is 4.90 Å². The van der Waals surface area contributed by atoms with Crippen molar-refractivity contribution < 1.29 is 4.74 Å². The predicted octanol–water partition coefficient (Wildman–Crippen LogP) is 3.73. The molecule has 0 N–H and O–H groups in total. The first-order valence-electron chi connectivity index (χ1n) is 7.51. The number of likely N-dealkylation sites (tertiary alicyclic amines) is 1. The van der Waals surface area contributed by atoms with Gasteiger partial charge >= 0.3 is 0 Å². The van der Waals surface area contributed by atoms with Gasteiger partial charge in [-0.05, 0) is 44.8 Å². The molecule has 1 fully saturated rings. The van der Waals surface area contributed by atoms with Gasteiger partial charge in [0.15, 0.2) is 0 Å². The molecule has 19 heavy (non-hydrogen) atoms. The lowest BCUT2D eigenvalue weighted by atomic mass is 9.94. The van der Waals surface area contributed by atoms with Crippen LogP contribution in [-0.4, -0.2) is 30.1 Å². The van der Waals surface area contributed by atoms with Crippen LogP contribution >= 0.6 is 0 Å². The van der Waals surface area contributed by atoms with Gasteiger partial charge in [0.25, 0.3) is 0 Å². The average Bonchev–Trinajstić information content (AvgIpc) is 2.45. The van der Waals surface area contributed by atoms with Crippen molar-refractivity contribution in [3.8, 4) is 5.88 Å². The van der Waals surface area contributed by atoms with Crippen molar-refractivity contribution in [3.05, 3.63) is 23.4 Å². The number of piperidine rings is 1. The van der Waals surface area contributed by atoms with Gasteiger partial charge in [0.1, 0.15) is 0 Å². The van der Waals surface area contributed by atoms with Crippen LogP contribution in [0.2, 0.25) is 0 Å². The number of ether oxygens (including phenoxy) is 1. The van der Waals surface area contributed by atoms with Gasteiger partial charge in [0, 0.05) is 17.8 Å². The first-order valence-corrected chi connectivity index (χ1v) is 7.51. The topological polar surface area (TPSA) is 25.4 Å². The standard InChI is InChI=1S/C16H26N2O/c1-4-5-11-18-12-7-6-8-15(18)14-9-10-16(19-3)17-13(14)2/h9-10,15H,4-8,11-12H2,1-3H3/t15-/m0/s1. The van der Waals surface area contributed by atoms with Gasteiger partial charge in [-0.1, -0.05) is 25.8 Å². The molecule has 0 unspecified atom stereocenters. The molecule has 0 spiro atoms. The van der Waals surface area contributed by atoms with Crippen molar-refractivity contribution >= 4 is 0 Å². The van der Waals surface area contributed by atoms with Crippen molar-refractivity contribution in [2.75, 3.05) is 20.2 Å². The summed E-state index contributed by atoms with van der Waals surface area (Å²) in [5, 5.41) is 0. The molecule has 1 aliphatic heterocycles. The third kappa shape index (κ3) is 3.47. The predicted molar refractivity (Wildman–Crippen MR) is 78.6 cm³/mol. The Balaban J connectivity index is 2.17. The SMILES string of the molecule is CCCCN1CCCC[C@H]1c1ccc(OC)nc1C. The molecular weight excluding hydrogens is 236 g/mol. The molecule has 1 aromatic heterocycles. The molecule has 1 aliphatic rings. The van der Waals surface area contributed by atoms with Crippen LogP contribution in [-0.2, 0) is 0 Å². The quantitative estimate of drug-likeness (QED) is 0.808. The van der Waals surface area contributed by atoms with Crippen molar-refractivity contribution in [1.82, 2.24) is 9.88 Å². The smallest absolute Gasteiger partial charge is 0.213 e. The maximum absolute atomic E-state index is 5.20.